The van der Waals surface area contributed by atoms with Crippen molar-refractivity contribution in [2.75, 3.05) is 0 Å². The van der Waals surface area contributed by atoms with E-state index in [0.29, 0.717) is 36.2 Å². The summed E-state index contributed by atoms with van der Waals surface area (Å²) in [5.41, 5.74) is 0. The van der Waals surface area contributed by atoms with Crippen LogP contribution in [0.15, 0.2) is 13.2 Å². The fourth-order valence-corrected chi connectivity index (χ4v) is 2.50. The molecule has 0 bridgehead atoms. The van der Waals surface area contributed by atoms with Crippen molar-refractivity contribution in [1.29, 1.82) is 0 Å². The van der Waals surface area contributed by atoms with Crippen LogP contribution in [0.1, 0.15) is 38.5 Å². The Bertz CT molecular complexity index is 210. The highest BCUT2D eigenvalue weighted by molar-refractivity contribution is 5.83. The fourth-order valence-electron chi connectivity index (χ4n) is 2.50. The van der Waals surface area contributed by atoms with Crippen molar-refractivity contribution in [3.63, 3.8) is 0 Å². The molecule has 2 nitrogen and oxygen atoms in total. The Morgan fingerprint density at radius 2 is 1.29 bits per heavy atom. The van der Waals surface area contributed by atoms with Crippen molar-refractivity contribution >= 4 is 11.6 Å². The maximum Gasteiger partial charge on any atom is 0.133 e. The van der Waals surface area contributed by atoms with Gasteiger partial charge in [-0.1, -0.05) is 0 Å². The van der Waals surface area contributed by atoms with Crippen molar-refractivity contribution in [3.05, 3.63) is 13.2 Å². The molecular weight excluding hydrogens is 176 g/mol. The van der Waals surface area contributed by atoms with Gasteiger partial charge in [-0.05, 0) is 24.7 Å². The predicted octanol–water partition coefficient (Wildman–Crippen LogP) is 2.53. The fraction of sp³-hybridized carbons (Fsp3) is 0.667. The van der Waals surface area contributed by atoms with E-state index in [1.165, 1.54) is 0 Å². The third-order valence-electron chi connectivity index (χ3n) is 3.23. The number of hydrogen-bond acceptors (Lipinski definition) is 2. The van der Waals surface area contributed by atoms with Crippen LogP contribution in [0, 0.1) is 11.8 Å². The van der Waals surface area contributed by atoms with Crippen molar-refractivity contribution in [1.82, 2.24) is 0 Å². The summed E-state index contributed by atoms with van der Waals surface area (Å²) in [6.07, 6.45) is 4.95. The molecule has 0 amide bonds. The van der Waals surface area contributed by atoms with E-state index in [2.05, 4.69) is 13.2 Å². The van der Waals surface area contributed by atoms with E-state index < -0.39 is 0 Å². The summed E-state index contributed by atoms with van der Waals surface area (Å²) in [7, 11) is 0. The van der Waals surface area contributed by atoms with Crippen molar-refractivity contribution in [3.8, 4) is 0 Å². The Morgan fingerprint density at radius 1 is 0.857 bits per heavy atom. The number of rotatable bonds is 0. The molecule has 2 aliphatic rings. The van der Waals surface area contributed by atoms with Gasteiger partial charge in [-0.15, -0.1) is 13.2 Å². The predicted molar refractivity (Wildman–Crippen MR) is 56.0 cm³/mol. The summed E-state index contributed by atoms with van der Waals surface area (Å²) in [6, 6.07) is 0. The lowest BCUT2D eigenvalue weighted by Gasteiger charge is -2.33. The molecule has 2 fully saturated rings. The minimum absolute atomic E-state index is 0.367. The average Bonchev–Trinajstić information content (AvgIpc) is 2.20. The highest BCUT2D eigenvalue weighted by atomic mass is 16.1. The first-order valence-corrected chi connectivity index (χ1v) is 5.29. The van der Waals surface area contributed by atoms with Gasteiger partial charge >= 0.3 is 0 Å². The van der Waals surface area contributed by atoms with Crippen LogP contribution in [0.2, 0.25) is 0 Å². The molecule has 2 saturated carbocycles. The van der Waals surface area contributed by atoms with Crippen LogP contribution in [-0.4, -0.2) is 11.6 Å². The third kappa shape index (κ3) is 2.53. The first-order chi connectivity index (χ1) is 6.75. The van der Waals surface area contributed by atoms with Gasteiger partial charge in [-0.3, -0.25) is 9.59 Å². The minimum atomic E-state index is 0.367. The Morgan fingerprint density at radius 3 is 1.71 bits per heavy atom. The topological polar surface area (TPSA) is 34.1 Å². The Balaban J connectivity index is 0.000000461. The normalized spacial score (nSPS) is 31.4. The molecule has 14 heavy (non-hydrogen) atoms. The van der Waals surface area contributed by atoms with E-state index in [9.17, 15) is 9.59 Å². The lowest BCUT2D eigenvalue weighted by Crippen LogP contribution is -2.31. The molecule has 2 heteroatoms. The molecule has 0 aromatic heterocycles. The number of fused-ring (bicyclic) bond motifs is 1. The molecule has 0 aliphatic heterocycles. The van der Waals surface area contributed by atoms with E-state index in [4.69, 9.17) is 0 Å². The van der Waals surface area contributed by atoms with Gasteiger partial charge in [-0.25, -0.2) is 0 Å². The zero-order valence-electron chi connectivity index (χ0n) is 8.63. The lowest BCUT2D eigenvalue weighted by molar-refractivity contribution is -0.127. The van der Waals surface area contributed by atoms with Crippen LogP contribution in [-0.2, 0) is 9.59 Å². The summed E-state index contributed by atoms with van der Waals surface area (Å²) in [5.74, 6) is 1.82. The van der Waals surface area contributed by atoms with E-state index in [0.717, 1.165) is 25.7 Å². The summed E-state index contributed by atoms with van der Waals surface area (Å²) in [5, 5.41) is 0. The summed E-state index contributed by atoms with van der Waals surface area (Å²) >= 11 is 0. The zero-order chi connectivity index (χ0) is 10.6. The zero-order valence-corrected chi connectivity index (χ0v) is 8.63. The van der Waals surface area contributed by atoms with E-state index in [-0.39, 0.29) is 0 Å². The van der Waals surface area contributed by atoms with Gasteiger partial charge in [0.2, 0.25) is 0 Å². The smallest absolute Gasteiger partial charge is 0.133 e. The Hall–Kier alpha value is -0.920. The lowest BCUT2D eigenvalue weighted by atomic mass is 9.70. The quantitative estimate of drug-likeness (QED) is 0.555. The van der Waals surface area contributed by atoms with Gasteiger partial charge in [0.25, 0.3) is 0 Å². The molecule has 0 heterocycles. The van der Waals surface area contributed by atoms with Crippen LogP contribution >= 0.6 is 0 Å². The molecule has 78 valence electrons. The SMILES string of the molecule is C=C.O=C1CC[C@H]2CCC(=O)C[C@H]2C1. The highest BCUT2D eigenvalue weighted by Gasteiger charge is 2.33. The maximum atomic E-state index is 11.1. The van der Waals surface area contributed by atoms with Gasteiger partial charge in [0.05, 0.1) is 0 Å². The van der Waals surface area contributed by atoms with Gasteiger partial charge in [-0.2, -0.15) is 0 Å². The van der Waals surface area contributed by atoms with Gasteiger partial charge in [0, 0.05) is 25.7 Å². The highest BCUT2D eigenvalue weighted by Crippen LogP contribution is 2.37. The molecule has 2 rings (SSSR count). The van der Waals surface area contributed by atoms with Crippen LogP contribution in [0.3, 0.4) is 0 Å². The Labute approximate surface area is 85.4 Å². The standard InChI is InChI=1S/C10H14O2.C2H4/c11-9-3-1-7-2-4-10(12)6-8(7)5-9;1-2/h7-8H,1-6H2;1-2H2/t7-,8+;. The van der Waals surface area contributed by atoms with Crippen molar-refractivity contribution < 1.29 is 9.59 Å². The monoisotopic (exact) mass is 194 g/mol. The van der Waals surface area contributed by atoms with E-state index >= 15 is 0 Å². The molecule has 0 N–H and O–H groups in total. The summed E-state index contributed by atoms with van der Waals surface area (Å²) < 4.78 is 0. The molecule has 0 spiro atoms. The molecule has 0 saturated heterocycles. The van der Waals surface area contributed by atoms with Crippen LogP contribution in [0.5, 0.6) is 0 Å². The molecule has 0 atom stereocenters. The largest absolute Gasteiger partial charge is 0.300 e. The summed E-state index contributed by atoms with van der Waals surface area (Å²) in [4.78, 5) is 22.2. The van der Waals surface area contributed by atoms with Crippen LogP contribution in [0.25, 0.3) is 0 Å². The number of hydrogen-bond donors (Lipinski definition) is 0. The Kier molecular flexibility index (Phi) is 4.05. The number of Topliss-reactive ketones (excluding diaryl/α,β-unsaturated/α-hetero) is 2. The number of carbonyl (C=O) groups is 2. The van der Waals surface area contributed by atoms with Crippen molar-refractivity contribution in [2.45, 2.75) is 38.5 Å². The van der Waals surface area contributed by atoms with Gasteiger partial charge in [0.1, 0.15) is 11.6 Å². The minimum Gasteiger partial charge on any atom is -0.300 e. The van der Waals surface area contributed by atoms with Crippen LogP contribution < -0.4 is 0 Å². The van der Waals surface area contributed by atoms with Gasteiger partial charge in [0.15, 0.2) is 0 Å². The van der Waals surface area contributed by atoms with E-state index in [1.807, 2.05) is 0 Å². The second kappa shape index (κ2) is 5.08. The van der Waals surface area contributed by atoms with Crippen LogP contribution in [0.4, 0.5) is 0 Å². The second-order valence-electron chi connectivity index (χ2n) is 4.08. The molecule has 0 radical (unpaired) electrons. The third-order valence-corrected chi connectivity index (χ3v) is 3.23. The molecular formula is C12H18O2. The first kappa shape index (κ1) is 11.2. The molecule has 0 aromatic carbocycles. The van der Waals surface area contributed by atoms with E-state index in [1.54, 1.807) is 0 Å². The number of carbonyl (C=O) groups excluding carboxylic acids is 2. The number of ketones is 2. The second-order valence-corrected chi connectivity index (χ2v) is 4.08. The average molecular weight is 194 g/mol. The molecule has 2 aliphatic carbocycles. The first-order valence-electron chi connectivity index (χ1n) is 5.29. The maximum absolute atomic E-state index is 11.1. The summed E-state index contributed by atoms with van der Waals surface area (Å²) in [6.45, 7) is 6.00. The molecule has 0 unspecified atom stereocenters. The molecule has 0 aromatic rings. The van der Waals surface area contributed by atoms with Gasteiger partial charge < -0.3 is 0 Å². The van der Waals surface area contributed by atoms with Crippen molar-refractivity contribution in [2.24, 2.45) is 11.8 Å².